The quantitative estimate of drug-likeness (QED) is 0.333. The van der Waals surface area contributed by atoms with E-state index in [1.807, 2.05) is 17.9 Å². The van der Waals surface area contributed by atoms with Gasteiger partial charge in [-0.25, -0.2) is 14.8 Å². The van der Waals surface area contributed by atoms with Crippen LogP contribution >= 0.6 is 35.0 Å². The molecule has 188 valence electrons. The molecule has 0 saturated carbocycles. The normalized spacial score (nSPS) is 19.1. The van der Waals surface area contributed by atoms with Crippen LogP contribution in [0.2, 0.25) is 10.2 Å². The minimum absolute atomic E-state index is 0.0455. The predicted molar refractivity (Wildman–Crippen MR) is 142 cm³/mol. The summed E-state index contributed by atoms with van der Waals surface area (Å²) in [5, 5.41) is 4.31. The highest BCUT2D eigenvalue weighted by Gasteiger charge is 2.29. The molecular weight excluding hydrogens is 507 g/mol. The number of piperazine rings is 1. The smallest absolute Gasteiger partial charge is 0.322 e. The van der Waals surface area contributed by atoms with Crippen molar-refractivity contribution in [3.8, 4) is 0 Å². The number of hydrogen-bond donors (Lipinski definition) is 1. The van der Waals surface area contributed by atoms with Crippen molar-refractivity contribution in [1.29, 1.82) is 0 Å². The summed E-state index contributed by atoms with van der Waals surface area (Å²) in [5.41, 5.74) is 0.662. The van der Waals surface area contributed by atoms with Crippen molar-refractivity contribution in [2.45, 2.75) is 37.9 Å². The number of carbonyl (C=O) groups is 2. The fourth-order valence-electron chi connectivity index (χ4n) is 4.32. The van der Waals surface area contributed by atoms with Gasteiger partial charge in [0.25, 0.3) is 0 Å². The zero-order valence-corrected chi connectivity index (χ0v) is 22.2. The standard InChI is InChI=1S/C24H30Cl2N6O2S/c1-16-6-8-30(9-7-16)22(33)15-35-23-28-20(26)13-21(29-23)31-10-11-32(17(2)14-31)24(34)27-19-5-3-4-18(25)12-19/h3-5,12-13,16-17H,6-11,14-15H2,1-2H3,(H,27,34). The van der Waals surface area contributed by atoms with Gasteiger partial charge in [0.2, 0.25) is 5.91 Å². The first kappa shape index (κ1) is 25.9. The van der Waals surface area contributed by atoms with Crippen LogP contribution in [0.4, 0.5) is 16.3 Å². The van der Waals surface area contributed by atoms with E-state index < -0.39 is 0 Å². The molecule has 1 aromatic heterocycles. The van der Waals surface area contributed by atoms with Gasteiger partial charge >= 0.3 is 6.03 Å². The Hall–Kier alpha value is -2.23. The lowest BCUT2D eigenvalue weighted by molar-refractivity contribution is -0.129. The molecular formula is C24H30Cl2N6O2S. The van der Waals surface area contributed by atoms with E-state index in [1.54, 1.807) is 29.2 Å². The summed E-state index contributed by atoms with van der Waals surface area (Å²) in [5.74, 6) is 1.78. The van der Waals surface area contributed by atoms with Crippen LogP contribution in [0.5, 0.6) is 0 Å². The van der Waals surface area contributed by atoms with E-state index in [4.69, 9.17) is 23.2 Å². The molecule has 2 aliphatic rings. The molecule has 2 fully saturated rings. The van der Waals surface area contributed by atoms with Crippen molar-refractivity contribution < 1.29 is 9.59 Å². The Bertz CT molecular complexity index is 1070. The highest BCUT2D eigenvalue weighted by Crippen LogP contribution is 2.25. The lowest BCUT2D eigenvalue weighted by atomic mass is 9.99. The van der Waals surface area contributed by atoms with E-state index in [9.17, 15) is 9.59 Å². The summed E-state index contributed by atoms with van der Waals surface area (Å²) in [7, 11) is 0. The number of rotatable bonds is 5. The molecule has 0 aliphatic carbocycles. The van der Waals surface area contributed by atoms with E-state index in [-0.39, 0.29) is 18.0 Å². The molecule has 1 unspecified atom stereocenters. The molecule has 1 aromatic carbocycles. The summed E-state index contributed by atoms with van der Waals surface area (Å²) >= 11 is 13.6. The second-order valence-electron chi connectivity index (χ2n) is 9.11. The van der Waals surface area contributed by atoms with E-state index in [2.05, 4.69) is 27.1 Å². The van der Waals surface area contributed by atoms with Gasteiger partial charge in [-0.1, -0.05) is 48.0 Å². The van der Waals surface area contributed by atoms with Crippen LogP contribution in [-0.2, 0) is 4.79 Å². The highest BCUT2D eigenvalue weighted by atomic mass is 35.5. The highest BCUT2D eigenvalue weighted by molar-refractivity contribution is 7.99. The number of urea groups is 1. The molecule has 1 N–H and O–H groups in total. The Morgan fingerprint density at radius 2 is 1.86 bits per heavy atom. The summed E-state index contributed by atoms with van der Waals surface area (Å²) in [6.45, 7) is 7.60. The number of likely N-dealkylation sites (tertiary alicyclic amines) is 1. The largest absolute Gasteiger partial charge is 0.353 e. The number of thioether (sulfide) groups is 1. The SMILES string of the molecule is CC1CCN(C(=O)CSc2nc(Cl)cc(N3CCN(C(=O)Nc4cccc(Cl)c4)C(C)C3)n2)CC1. The van der Waals surface area contributed by atoms with Gasteiger partial charge in [0.15, 0.2) is 5.16 Å². The van der Waals surface area contributed by atoms with E-state index >= 15 is 0 Å². The van der Waals surface area contributed by atoms with Gasteiger partial charge in [0.05, 0.1) is 5.75 Å². The number of amides is 3. The molecule has 0 bridgehead atoms. The first-order valence-electron chi connectivity index (χ1n) is 11.8. The maximum atomic E-state index is 12.8. The number of anilines is 2. The molecule has 3 amide bonds. The van der Waals surface area contributed by atoms with Crippen molar-refractivity contribution in [1.82, 2.24) is 19.8 Å². The maximum absolute atomic E-state index is 12.8. The Morgan fingerprint density at radius 1 is 1.09 bits per heavy atom. The first-order valence-corrected chi connectivity index (χ1v) is 13.6. The molecule has 1 atom stereocenters. The Kier molecular flexibility index (Phi) is 8.62. The van der Waals surface area contributed by atoms with Crippen LogP contribution in [-0.4, -0.2) is 76.2 Å². The number of piperidine rings is 1. The van der Waals surface area contributed by atoms with Gasteiger partial charge in [-0.3, -0.25) is 4.79 Å². The van der Waals surface area contributed by atoms with E-state index in [0.29, 0.717) is 58.1 Å². The second-order valence-corrected chi connectivity index (χ2v) is 10.9. The van der Waals surface area contributed by atoms with Gasteiger partial charge < -0.3 is 20.0 Å². The Balaban J connectivity index is 1.34. The Morgan fingerprint density at radius 3 is 2.57 bits per heavy atom. The molecule has 0 radical (unpaired) electrons. The van der Waals surface area contributed by atoms with Gasteiger partial charge in [-0.2, -0.15) is 0 Å². The third kappa shape index (κ3) is 6.92. The van der Waals surface area contributed by atoms with Crippen molar-refractivity contribution in [2.24, 2.45) is 5.92 Å². The molecule has 35 heavy (non-hydrogen) atoms. The average Bonchev–Trinajstić information content (AvgIpc) is 2.82. The minimum atomic E-state index is -0.165. The van der Waals surface area contributed by atoms with E-state index in [1.165, 1.54) is 11.8 Å². The van der Waals surface area contributed by atoms with Crippen LogP contribution < -0.4 is 10.2 Å². The number of nitrogens with one attached hydrogen (secondary N) is 1. The summed E-state index contributed by atoms with van der Waals surface area (Å²) in [6, 6.07) is 8.62. The van der Waals surface area contributed by atoms with E-state index in [0.717, 1.165) is 25.9 Å². The molecule has 11 heteroatoms. The third-order valence-corrected chi connectivity index (χ3v) is 7.67. The molecule has 3 heterocycles. The molecule has 4 rings (SSSR count). The molecule has 0 spiro atoms. The predicted octanol–water partition coefficient (Wildman–Crippen LogP) is 4.88. The van der Waals surface area contributed by atoms with Crippen LogP contribution in [0.25, 0.3) is 0 Å². The van der Waals surface area contributed by atoms with Crippen LogP contribution in [0.3, 0.4) is 0 Å². The molecule has 2 aromatic rings. The van der Waals surface area contributed by atoms with Crippen LogP contribution in [0.15, 0.2) is 35.5 Å². The zero-order chi connectivity index (χ0) is 24.9. The number of carbonyl (C=O) groups excluding carboxylic acids is 2. The van der Waals surface area contributed by atoms with Gasteiger partial charge in [0.1, 0.15) is 11.0 Å². The number of benzene rings is 1. The number of nitrogens with zero attached hydrogens (tertiary/aromatic N) is 5. The van der Waals surface area contributed by atoms with Crippen molar-refractivity contribution in [3.63, 3.8) is 0 Å². The fourth-order valence-corrected chi connectivity index (χ4v) is 5.49. The summed E-state index contributed by atoms with van der Waals surface area (Å²) < 4.78 is 0. The number of hydrogen-bond acceptors (Lipinski definition) is 6. The molecule has 2 saturated heterocycles. The van der Waals surface area contributed by atoms with Crippen LogP contribution in [0, 0.1) is 5.92 Å². The summed E-state index contributed by atoms with van der Waals surface area (Å²) in [4.78, 5) is 40.2. The Labute approximate surface area is 220 Å². The topological polar surface area (TPSA) is 81.7 Å². The lowest BCUT2D eigenvalue weighted by Gasteiger charge is -2.40. The first-order chi connectivity index (χ1) is 16.8. The fraction of sp³-hybridized carbons (Fsp3) is 0.500. The van der Waals surface area contributed by atoms with Gasteiger partial charge in [0, 0.05) is 55.5 Å². The van der Waals surface area contributed by atoms with Gasteiger partial charge in [-0.15, -0.1) is 0 Å². The number of halogens is 2. The van der Waals surface area contributed by atoms with Crippen LogP contribution in [0.1, 0.15) is 26.7 Å². The summed E-state index contributed by atoms with van der Waals surface area (Å²) in [6.07, 6.45) is 2.10. The average molecular weight is 538 g/mol. The lowest BCUT2D eigenvalue weighted by Crippen LogP contribution is -2.55. The molecule has 8 nitrogen and oxygen atoms in total. The third-order valence-electron chi connectivity index (χ3n) is 6.41. The minimum Gasteiger partial charge on any atom is -0.353 e. The van der Waals surface area contributed by atoms with Crippen molar-refractivity contribution >= 4 is 58.4 Å². The van der Waals surface area contributed by atoms with Crippen molar-refractivity contribution in [3.05, 3.63) is 40.5 Å². The monoisotopic (exact) mass is 536 g/mol. The zero-order valence-electron chi connectivity index (χ0n) is 19.9. The van der Waals surface area contributed by atoms with Crippen molar-refractivity contribution in [2.75, 3.05) is 48.7 Å². The van der Waals surface area contributed by atoms with Gasteiger partial charge in [-0.05, 0) is 43.9 Å². The maximum Gasteiger partial charge on any atom is 0.322 e. The second kappa shape index (κ2) is 11.7. The number of aromatic nitrogens is 2. The molecule has 2 aliphatic heterocycles.